The summed E-state index contributed by atoms with van der Waals surface area (Å²) >= 11 is 0. The number of amides is 1. The van der Waals surface area contributed by atoms with Gasteiger partial charge in [0.2, 0.25) is 5.91 Å². The first-order chi connectivity index (χ1) is 5.61. The molecule has 76 valence electrons. The fourth-order valence-electron chi connectivity index (χ4n) is 1.69. The van der Waals surface area contributed by atoms with E-state index in [1.807, 2.05) is 0 Å². The lowest BCUT2D eigenvalue weighted by atomic mass is 9.81. The van der Waals surface area contributed by atoms with Crippen LogP contribution in [-0.4, -0.2) is 11.7 Å². The Balaban J connectivity index is 0.00000144. The number of halogens is 1. The molecule has 1 rings (SSSR count). The van der Waals surface area contributed by atoms with Crippen LogP contribution < -0.4 is 11.5 Å². The Labute approximate surface area is 84.0 Å². The molecule has 0 aliphatic heterocycles. The third-order valence-corrected chi connectivity index (χ3v) is 2.57. The molecule has 0 saturated heterocycles. The monoisotopic (exact) mass is 205 g/mol. The highest BCUT2D eigenvalue weighted by Crippen LogP contribution is 2.28. The van der Waals surface area contributed by atoms with Gasteiger partial charge in [-0.1, -0.05) is 0 Å². The van der Waals surface area contributed by atoms with E-state index < -0.39 is 0 Å². The van der Waals surface area contributed by atoms with Crippen molar-refractivity contribution in [2.24, 2.45) is 23.3 Å². The first-order valence-corrected chi connectivity index (χ1v) is 4.24. The average molecular weight is 206 g/mol. The minimum absolute atomic E-state index is 0. The normalized spacial score (nSPS) is 27.4. The van der Waals surface area contributed by atoms with Crippen LogP contribution in [0.1, 0.15) is 25.7 Å². The second-order valence-electron chi connectivity index (χ2n) is 3.41. The summed E-state index contributed by atoms with van der Waals surface area (Å²) in [4.78, 5) is 10.8. The zero-order valence-electron chi connectivity index (χ0n) is 7.45. The van der Waals surface area contributed by atoms with Gasteiger partial charge in [-0.2, -0.15) is 0 Å². The van der Waals surface area contributed by atoms with Crippen LogP contribution in [0, 0.1) is 17.2 Å². The number of nitrogens with two attached hydrogens (primary N) is 2. The average Bonchev–Trinajstić information content (AvgIpc) is 2.04. The van der Waals surface area contributed by atoms with Crippen LogP contribution in [0.3, 0.4) is 0 Å². The van der Waals surface area contributed by atoms with E-state index in [0.717, 1.165) is 25.7 Å². The van der Waals surface area contributed by atoms with Crippen molar-refractivity contribution in [1.82, 2.24) is 0 Å². The molecule has 1 aliphatic carbocycles. The van der Waals surface area contributed by atoms with Crippen molar-refractivity contribution in [2.45, 2.75) is 25.7 Å². The molecule has 0 heterocycles. The molecule has 1 saturated carbocycles. The topological polar surface area (TPSA) is 93.0 Å². The van der Waals surface area contributed by atoms with Gasteiger partial charge in [0.05, 0.1) is 5.84 Å². The lowest BCUT2D eigenvalue weighted by molar-refractivity contribution is -0.122. The molecule has 1 amide bonds. The summed E-state index contributed by atoms with van der Waals surface area (Å²) in [6.45, 7) is 0. The van der Waals surface area contributed by atoms with Crippen LogP contribution in [0.2, 0.25) is 0 Å². The van der Waals surface area contributed by atoms with Gasteiger partial charge in [0.25, 0.3) is 0 Å². The molecule has 0 atom stereocenters. The Kier molecular flexibility index (Phi) is 4.77. The summed E-state index contributed by atoms with van der Waals surface area (Å²) < 4.78 is 0. The molecule has 0 radical (unpaired) electrons. The molecule has 0 aromatic carbocycles. The first-order valence-electron chi connectivity index (χ1n) is 4.24. The van der Waals surface area contributed by atoms with Crippen molar-refractivity contribution >= 4 is 24.1 Å². The van der Waals surface area contributed by atoms with Crippen molar-refractivity contribution in [3.8, 4) is 0 Å². The van der Waals surface area contributed by atoms with E-state index >= 15 is 0 Å². The van der Waals surface area contributed by atoms with Crippen LogP contribution in [0.25, 0.3) is 0 Å². The highest BCUT2D eigenvalue weighted by molar-refractivity contribution is 5.85. The fraction of sp³-hybridized carbons (Fsp3) is 0.750. The standard InChI is InChI=1S/C8H15N3O.ClH/c9-7(10)5-1-3-6(4-2-5)8(11)12;/h5-6H,1-4H2,(H3,9,10)(H2,11,12);1H/t5-,6-;. The van der Waals surface area contributed by atoms with E-state index in [9.17, 15) is 4.79 Å². The number of primary amides is 1. The van der Waals surface area contributed by atoms with Gasteiger partial charge >= 0.3 is 0 Å². The first kappa shape index (κ1) is 12.2. The lowest BCUT2D eigenvalue weighted by Crippen LogP contribution is -2.32. The highest BCUT2D eigenvalue weighted by atomic mass is 35.5. The number of hydrogen-bond donors (Lipinski definition) is 3. The Hall–Kier alpha value is -0.770. The predicted molar refractivity (Wildman–Crippen MR) is 53.8 cm³/mol. The summed E-state index contributed by atoms with van der Waals surface area (Å²) in [5, 5.41) is 7.22. The van der Waals surface area contributed by atoms with E-state index in [1.54, 1.807) is 0 Å². The highest BCUT2D eigenvalue weighted by Gasteiger charge is 2.25. The molecule has 0 aromatic rings. The minimum Gasteiger partial charge on any atom is -0.387 e. The smallest absolute Gasteiger partial charge is 0.220 e. The Morgan fingerprint density at radius 2 is 1.46 bits per heavy atom. The molecule has 0 unspecified atom stereocenters. The minimum atomic E-state index is -0.211. The molecule has 5 N–H and O–H groups in total. The van der Waals surface area contributed by atoms with Crippen LogP contribution in [0.15, 0.2) is 0 Å². The molecular weight excluding hydrogens is 190 g/mol. The van der Waals surface area contributed by atoms with Gasteiger partial charge in [0.1, 0.15) is 0 Å². The SMILES string of the molecule is Cl.N=C(N)[C@H]1CC[C@H](C(N)=O)CC1. The molecule has 0 aromatic heterocycles. The number of carbonyl (C=O) groups excluding carboxylic acids is 1. The summed E-state index contributed by atoms with van der Waals surface area (Å²) in [6.07, 6.45) is 3.26. The third-order valence-electron chi connectivity index (χ3n) is 2.57. The summed E-state index contributed by atoms with van der Waals surface area (Å²) in [7, 11) is 0. The van der Waals surface area contributed by atoms with Crippen LogP contribution in [-0.2, 0) is 4.79 Å². The molecule has 4 nitrogen and oxygen atoms in total. The van der Waals surface area contributed by atoms with Crippen molar-refractivity contribution < 1.29 is 4.79 Å². The second kappa shape index (κ2) is 5.07. The number of carbonyl (C=O) groups is 1. The van der Waals surface area contributed by atoms with Crippen LogP contribution in [0.5, 0.6) is 0 Å². The van der Waals surface area contributed by atoms with Crippen LogP contribution in [0.4, 0.5) is 0 Å². The fourth-order valence-corrected chi connectivity index (χ4v) is 1.69. The lowest BCUT2D eigenvalue weighted by Gasteiger charge is -2.25. The largest absolute Gasteiger partial charge is 0.387 e. The molecular formula is C8H16ClN3O. The van der Waals surface area contributed by atoms with Crippen molar-refractivity contribution in [3.63, 3.8) is 0 Å². The number of hydrogen-bond acceptors (Lipinski definition) is 2. The number of nitrogens with one attached hydrogen (secondary N) is 1. The number of amidine groups is 1. The molecule has 0 bridgehead atoms. The Bertz CT molecular complexity index is 178. The van der Waals surface area contributed by atoms with Gasteiger partial charge in [-0.3, -0.25) is 10.2 Å². The predicted octanol–water partition coefficient (Wildman–Crippen LogP) is 0.636. The summed E-state index contributed by atoms with van der Waals surface area (Å²) in [5.74, 6) is 0.233. The Morgan fingerprint density at radius 3 is 1.77 bits per heavy atom. The van der Waals surface area contributed by atoms with E-state index in [4.69, 9.17) is 16.9 Å². The van der Waals surface area contributed by atoms with Gasteiger partial charge in [-0.15, -0.1) is 12.4 Å². The zero-order valence-corrected chi connectivity index (χ0v) is 8.27. The summed E-state index contributed by atoms with van der Waals surface area (Å²) in [6, 6.07) is 0. The molecule has 13 heavy (non-hydrogen) atoms. The van der Waals surface area contributed by atoms with Crippen molar-refractivity contribution in [3.05, 3.63) is 0 Å². The van der Waals surface area contributed by atoms with Crippen LogP contribution >= 0.6 is 12.4 Å². The van der Waals surface area contributed by atoms with E-state index in [-0.39, 0.29) is 36.0 Å². The third kappa shape index (κ3) is 3.22. The maximum Gasteiger partial charge on any atom is 0.220 e. The van der Waals surface area contributed by atoms with Crippen molar-refractivity contribution in [1.29, 1.82) is 5.41 Å². The molecule has 1 fully saturated rings. The van der Waals surface area contributed by atoms with E-state index in [0.29, 0.717) is 0 Å². The van der Waals surface area contributed by atoms with Crippen molar-refractivity contribution in [2.75, 3.05) is 0 Å². The number of rotatable bonds is 2. The quantitative estimate of drug-likeness (QED) is 0.456. The maximum absolute atomic E-state index is 10.8. The molecule has 0 spiro atoms. The van der Waals surface area contributed by atoms with E-state index in [1.165, 1.54) is 0 Å². The zero-order chi connectivity index (χ0) is 9.14. The Morgan fingerprint density at radius 1 is 1.08 bits per heavy atom. The second-order valence-corrected chi connectivity index (χ2v) is 3.41. The van der Waals surface area contributed by atoms with Gasteiger partial charge < -0.3 is 11.5 Å². The van der Waals surface area contributed by atoms with Gasteiger partial charge in [-0.05, 0) is 25.7 Å². The van der Waals surface area contributed by atoms with Gasteiger partial charge in [0.15, 0.2) is 0 Å². The molecule has 1 aliphatic rings. The van der Waals surface area contributed by atoms with Gasteiger partial charge in [0, 0.05) is 11.8 Å². The maximum atomic E-state index is 10.8. The van der Waals surface area contributed by atoms with E-state index in [2.05, 4.69) is 0 Å². The summed E-state index contributed by atoms with van der Waals surface area (Å²) in [5.41, 5.74) is 10.5. The molecule has 5 heteroatoms. The van der Waals surface area contributed by atoms with Gasteiger partial charge in [-0.25, -0.2) is 0 Å².